The zero-order valence-corrected chi connectivity index (χ0v) is 12.3. The quantitative estimate of drug-likeness (QED) is 0.777. The van der Waals surface area contributed by atoms with E-state index in [1.807, 2.05) is 11.8 Å². The first-order chi connectivity index (χ1) is 8.78. The molecule has 1 saturated carbocycles. The van der Waals surface area contributed by atoms with Gasteiger partial charge in [-0.3, -0.25) is 0 Å². The molecule has 0 spiro atoms. The van der Waals surface area contributed by atoms with E-state index in [2.05, 4.69) is 47.8 Å². The van der Waals surface area contributed by atoms with Crippen molar-refractivity contribution in [3.63, 3.8) is 0 Å². The Hall–Kier alpha value is -0.510. The lowest BCUT2D eigenvalue weighted by Gasteiger charge is -2.16. The normalized spacial score (nSPS) is 15.3. The second-order valence-electron chi connectivity index (χ2n) is 5.21. The summed E-state index contributed by atoms with van der Waals surface area (Å²) in [7, 11) is 2.20. The highest BCUT2D eigenvalue weighted by atomic mass is 32.2. The molecule has 1 aliphatic rings. The maximum Gasteiger partial charge on any atom is 0.0231 e. The lowest BCUT2D eigenvalue weighted by molar-refractivity contribution is 0.348. The molecule has 100 valence electrons. The predicted octanol–water partition coefficient (Wildman–Crippen LogP) is 2.73. The smallest absolute Gasteiger partial charge is 0.0231 e. The maximum absolute atomic E-state index is 3.57. The SMILES string of the molecule is CSCCN(C)Cc1cccc(CNC2CC2)c1. The maximum atomic E-state index is 3.57. The average Bonchev–Trinajstić information content (AvgIpc) is 3.18. The van der Waals surface area contributed by atoms with Crippen molar-refractivity contribution in [1.29, 1.82) is 0 Å². The summed E-state index contributed by atoms with van der Waals surface area (Å²) >= 11 is 1.91. The molecule has 1 aliphatic carbocycles. The molecule has 0 radical (unpaired) electrons. The molecule has 1 aromatic rings. The van der Waals surface area contributed by atoms with Crippen molar-refractivity contribution in [3.05, 3.63) is 35.4 Å². The summed E-state index contributed by atoms with van der Waals surface area (Å²) in [5, 5.41) is 3.57. The summed E-state index contributed by atoms with van der Waals surface area (Å²) in [6.45, 7) is 3.23. The van der Waals surface area contributed by atoms with Crippen molar-refractivity contribution in [2.24, 2.45) is 0 Å². The van der Waals surface area contributed by atoms with Crippen molar-refractivity contribution in [2.75, 3.05) is 25.6 Å². The van der Waals surface area contributed by atoms with Crippen LogP contribution in [0, 0.1) is 0 Å². The molecule has 1 N–H and O–H groups in total. The van der Waals surface area contributed by atoms with E-state index in [1.54, 1.807) is 0 Å². The van der Waals surface area contributed by atoms with Crippen molar-refractivity contribution in [1.82, 2.24) is 10.2 Å². The third kappa shape index (κ3) is 5.01. The highest BCUT2D eigenvalue weighted by Crippen LogP contribution is 2.19. The van der Waals surface area contributed by atoms with Crippen molar-refractivity contribution in [3.8, 4) is 0 Å². The minimum atomic E-state index is 0.790. The van der Waals surface area contributed by atoms with Crippen LogP contribution in [0.25, 0.3) is 0 Å². The van der Waals surface area contributed by atoms with Gasteiger partial charge in [-0.15, -0.1) is 0 Å². The molecule has 0 saturated heterocycles. The van der Waals surface area contributed by atoms with E-state index in [0.29, 0.717) is 0 Å². The van der Waals surface area contributed by atoms with Crippen LogP contribution in [0.2, 0.25) is 0 Å². The molecule has 0 aromatic heterocycles. The molecular formula is C15H24N2S. The van der Waals surface area contributed by atoms with Crippen LogP contribution >= 0.6 is 11.8 Å². The van der Waals surface area contributed by atoms with E-state index in [-0.39, 0.29) is 0 Å². The Morgan fingerprint density at radius 2 is 2.11 bits per heavy atom. The molecule has 0 amide bonds. The standard InChI is InChI=1S/C15H24N2S/c1-17(8-9-18-2)12-14-5-3-4-13(10-14)11-16-15-6-7-15/h3-5,10,15-16H,6-9,11-12H2,1-2H3. The Kier molecular flexibility index (Phi) is 5.54. The Bertz CT molecular complexity index is 363. The van der Waals surface area contributed by atoms with E-state index < -0.39 is 0 Å². The van der Waals surface area contributed by atoms with Crippen LogP contribution in [-0.2, 0) is 13.1 Å². The fourth-order valence-corrected chi connectivity index (χ4v) is 2.52. The zero-order chi connectivity index (χ0) is 12.8. The van der Waals surface area contributed by atoms with Crippen LogP contribution in [-0.4, -0.2) is 36.5 Å². The highest BCUT2D eigenvalue weighted by Gasteiger charge is 2.19. The molecule has 18 heavy (non-hydrogen) atoms. The van der Waals surface area contributed by atoms with Crippen LogP contribution in [0.5, 0.6) is 0 Å². The van der Waals surface area contributed by atoms with Crippen molar-refractivity contribution >= 4 is 11.8 Å². The van der Waals surface area contributed by atoms with Gasteiger partial charge in [0.1, 0.15) is 0 Å². The van der Waals surface area contributed by atoms with Gasteiger partial charge in [-0.25, -0.2) is 0 Å². The fraction of sp³-hybridized carbons (Fsp3) is 0.600. The van der Waals surface area contributed by atoms with E-state index >= 15 is 0 Å². The predicted molar refractivity (Wildman–Crippen MR) is 81.0 cm³/mol. The summed E-state index contributed by atoms with van der Waals surface area (Å²) in [6.07, 6.45) is 4.88. The van der Waals surface area contributed by atoms with Gasteiger partial charge in [-0.2, -0.15) is 11.8 Å². The van der Waals surface area contributed by atoms with Crippen LogP contribution in [0.15, 0.2) is 24.3 Å². The molecule has 3 heteroatoms. The Balaban J connectivity index is 1.81. The first-order valence-corrected chi connectivity index (χ1v) is 8.16. The number of nitrogens with zero attached hydrogens (tertiary/aromatic N) is 1. The van der Waals surface area contributed by atoms with Gasteiger partial charge < -0.3 is 10.2 Å². The summed E-state index contributed by atoms with van der Waals surface area (Å²) in [4.78, 5) is 2.39. The summed E-state index contributed by atoms with van der Waals surface area (Å²) in [5.41, 5.74) is 2.84. The van der Waals surface area contributed by atoms with Gasteiger partial charge in [0.05, 0.1) is 0 Å². The molecule has 0 unspecified atom stereocenters. The third-order valence-corrected chi connectivity index (χ3v) is 3.88. The lowest BCUT2D eigenvalue weighted by atomic mass is 10.1. The molecule has 0 aliphatic heterocycles. The minimum absolute atomic E-state index is 0.790. The number of hydrogen-bond acceptors (Lipinski definition) is 3. The Morgan fingerprint density at radius 1 is 1.33 bits per heavy atom. The van der Waals surface area contributed by atoms with E-state index in [4.69, 9.17) is 0 Å². The highest BCUT2D eigenvalue weighted by molar-refractivity contribution is 7.98. The molecule has 1 aromatic carbocycles. The third-order valence-electron chi connectivity index (χ3n) is 3.29. The molecule has 1 fully saturated rings. The molecule has 2 nitrogen and oxygen atoms in total. The molecule has 2 rings (SSSR count). The zero-order valence-electron chi connectivity index (χ0n) is 11.5. The minimum Gasteiger partial charge on any atom is -0.310 e. The number of hydrogen-bond donors (Lipinski definition) is 1. The summed E-state index contributed by atoms with van der Waals surface area (Å²) in [5.74, 6) is 1.21. The van der Waals surface area contributed by atoms with Gasteiger partial charge >= 0.3 is 0 Å². The van der Waals surface area contributed by atoms with Gasteiger partial charge in [-0.1, -0.05) is 24.3 Å². The van der Waals surface area contributed by atoms with Crippen LogP contribution in [0.1, 0.15) is 24.0 Å². The fourth-order valence-electron chi connectivity index (χ4n) is 2.03. The van der Waals surface area contributed by atoms with Gasteiger partial charge in [0.15, 0.2) is 0 Å². The van der Waals surface area contributed by atoms with Crippen LogP contribution in [0.4, 0.5) is 0 Å². The second-order valence-corrected chi connectivity index (χ2v) is 6.19. The van der Waals surface area contributed by atoms with Crippen LogP contribution in [0.3, 0.4) is 0 Å². The van der Waals surface area contributed by atoms with Gasteiger partial charge in [0.25, 0.3) is 0 Å². The molecular weight excluding hydrogens is 240 g/mol. The van der Waals surface area contributed by atoms with Gasteiger partial charge in [0, 0.05) is 31.4 Å². The summed E-state index contributed by atoms with van der Waals surface area (Å²) < 4.78 is 0. The number of benzene rings is 1. The molecule has 0 atom stereocenters. The lowest BCUT2D eigenvalue weighted by Crippen LogP contribution is -2.21. The number of nitrogens with one attached hydrogen (secondary N) is 1. The van der Waals surface area contributed by atoms with E-state index in [0.717, 1.165) is 25.7 Å². The van der Waals surface area contributed by atoms with E-state index in [9.17, 15) is 0 Å². The second kappa shape index (κ2) is 7.17. The first-order valence-electron chi connectivity index (χ1n) is 6.76. The van der Waals surface area contributed by atoms with Gasteiger partial charge in [-0.05, 0) is 37.3 Å². The first kappa shape index (κ1) is 13.9. The Labute approximate surface area is 115 Å². The van der Waals surface area contributed by atoms with Crippen molar-refractivity contribution < 1.29 is 0 Å². The van der Waals surface area contributed by atoms with Crippen molar-refractivity contribution in [2.45, 2.75) is 32.0 Å². The number of thioether (sulfide) groups is 1. The monoisotopic (exact) mass is 264 g/mol. The number of rotatable bonds is 8. The van der Waals surface area contributed by atoms with Gasteiger partial charge in [0.2, 0.25) is 0 Å². The molecule has 0 heterocycles. The van der Waals surface area contributed by atoms with Crippen LogP contribution < -0.4 is 5.32 Å². The topological polar surface area (TPSA) is 15.3 Å². The molecule has 0 bridgehead atoms. The largest absolute Gasteiger partial charge is 0.310 e. The average molecular weight is 264 g/mol. The summed E-state index contributed by atoms with van der Waals surface area (Å²) in [6, 6.07) is 9.77. The van der Waals surface area contributed by atoms with E-state index in [1.165, 1.54) is 29.7 Å². The Morgan fingerprint density at radius 3 is 2.83 bits per heavy atom.